The summed E-state index contributed by atoms with van der Waals surface area (Å²) in [4.78, 5) is 59.2. The van der Waals surface area contributed by atoms with Crippen LogP contribution in [0.25, 0.3) is 22.1 Å². The highest BCUT2D eigenvalue weighted by molar-refractivity contribution is 6.03. The largest absolute Gasteiger partial charge is 0.505 e. The third-order valence-electron chi connectivity index (χ3n) is 10.0. The van der Waals surface area contributed by atoms with Gasteiger partial charge in [-0.15, -0.1) is 0 Å². The van der Waals surface area contributed by atoms with Gasteiger partial charge in [0.1, 0.15) is 51.5 Å². The Morgan fingerprint density at radius 2 is 1.20 bits per heavy atom. The molecule has 0 fully saturated rings. The lowest BCUT2D eigenvalue weighted by molar-refractivity contribution is 0.0518. The van der Waals surface area contributed by atoms with E-state index < -0.39 is 57.8 Å². The number of nitrogens with one attached hydrogen (secondary N) is 1. The van der Waals surface area contributed by atoms with Crippen molar-refractivity contribution in [3.05, 3.63) is 127 Å². The van der Waals surface area contributed by atoms with Gasteiger partial charge in [-0.25, -0.2) is 13.6 Å². The fourth-order valence-corrected chi connectivity index (χ4v) is 7.17. The van der Waals surface area contributed by atoms with E-state index in [1.165, 1.54) is 45.8 Å². The Balaban J connectivity index is 0.000000184. The molecule has 2 aromatic carbocycles. The molecule has 0 saturated heterocycles. The number of benzene rings is 2. The summed E-state index contributed by atoms with van der Waals surface area (Å²) in [5.74, 6) is -3.16. The van der Waals surface area contributed by atoms with Crippen LogP contribution < -0.4 is 25.9 Å². The first kappa shape index (κ1) is 42.2. The van der Waals surface area contributed by atoms with Gasteiger partial charge in [0.15, 0.2) is 28.6 Å². The monoisotopic (exact) mass is 843 g/mol. The minimum absolute atomic E-state index is 0.00277. The van der Waals surface area contributed by atoms with Gasteiger partial charge in [0.05, 0.1) is 39.5 Å². The number of aliphatic hydroxyl groups excluding tert-OH is 3. The maximum absolute atomic E-state index is 13.2. The first-order valence-corrected chi connectivity index (χ1v) is 19.0. The van der Waals surface area contributed by atoms with Crippen LogP contribution in [0, 0.1) is 11.6 Å². The minimum Gasteiger partial charge on any atom is -0.505 e. The number of esters is 1. The van der Waals surface area contributed by atoms with Crippen molar-refractivity contribution in [3.63, 3.8) is 0 Å². The van der Waals surface area contributed by atoms with Gasteiger partial charge in [0, 0.05) is 42.9 Å². The number of amides is 1. The number of ether oxygens (including phenoxy) is 3. The second-order valence-electron chi connectivity index (χ2n) is 14.0. The first-order valence-electron chi connectivity index (χ1n) is 19.0. The molecule has 2 aliphatic rings. The molecule has 0 spiro atoms. The molecule has 2 aliphatic heterocycles. The molecule has 6 aromatic rings. The van der Waals surface area contributed by atoms with Crippen LogP contribution in [0.4, 0.5) is 8.78 Å². The number of nitrogens with zero attached hydrogens (tertiary/aromatic N) is 4. The van der Waals surface area contributed by atoms with E-state index in [2.05, 4.69) is 15.3 Å². The second-order valence-corrected chi connectivity index (χ2v) is 14.0. The third kappa shape index (κ3) is 8.17. The highest BCUT2D eigenvalue weighted by atomic mass is 19.1. The number of hydrogen-bond donors (Lipinski definition) is 6. The molecule has 6 N–H and O–H groups in total. The van der Waals surface area contributed by atoms with Crippen molar-refractivity contribution >= 4 is 33.9 Å². The number of aliphatic hydroxyl groups is 3. The number of carbonyl (C=O) groups is 2. The third-order valence-corrected chi connectivity index (χ3v) is 10.0. The highest BCUT2D eigenvalue weighted by Gasteiger charge is 2.33. The van der Waals surface area contributed by atoms with E-state index in [4.69, 9.17) is 19.3 Å². The Morgan fingerprint density at radius 1 is 0.754 bits per heavy atom. The van der Waals surface area contributed by atoms with Gasteiger partial charge >= 0.3 is 5.97 Å². The first-order chi connectivity index (χ1) is 29.4. The summed E-state index contributed by atoms with van der Waals surface area (Å²) < 4.78 is 45.6. The predicted molar refractivity (Wildman–Crippen MR) is 212 cm³/mol. The minimum atomic E-state index is -0.948. The van der Waals surface area contributed by atoms with E-state index in [0.29, 0.717) is 24.0 Å². The average Bonchev–Trinajstić information content (AvgIpc) is 3.26. The zero-order valence-electron chi connectivity index (χ0n) is 32.4. The van der Waals surface area contributed by atoms with Crippen molar-refractivity contribution in [1.29, 1.82) is 0 Å². The number of rotatable bonds is 11. The van der Waals surface area contributed by atoms with Crippen LogP contribution in [0.5, 0.6) is 23.0 Å². The van der Waals surface area contributed by atoms with E-state index in [-0.39, 0.29) is 91.3 Å². The molecule has 0 radical (unpaired) electrons. The van der Waals surface area contributed by atoms with Crippen LogP contribution >= 0.6 is 0 Å². The van der Waals surface area contributed by atoms with Crippen LogP contribution in [0.3, 0.4) is 0 Å². The zero-order chi connectivity index (χ0) is 43.5. The highest BCUT2D eigenvalue weighted by Crippen LogP contribution is 2.39. The molecule has 0 saturated carbocycles. The normalized spacial score (nSPS) is 15.0. The summed E-state index contributed by atoms with van der Waals surface area (Å²) in [6, 6.07) is 11.8. The van der Waals surface area contributed by atoms with Crippen molar-refractivity contribution in [2.45, 2.75) is 45.1 Å². The van der Waals surface area contributed by atoms with E-state index in [1.54, 1.807) is 31.2 Å². The fraction of sp³-hybridized carbons (Fsp3) is 0.286. The van der Waals surface area contributed by atoms with Crippen LogP contribution in [-0.2, 0) is 30.7 Å². The predicted octanol–water partition coefficient (Wildman–Crippen LogP) is 2.07. The van der Waals surface area contributed by atoms with Crippen molar-refractivity contribution in [2.24, 2.45) is 0 Å². The van der Waals surface area contributed by atoms with Crippen LogP contribution in [0.1, 0.15) is 49.9 Å². The lowest BCUT2D eigenvalue weighted by Crippen LogP contribution is -2.40. The molecule has 17 nitrogen and oxygen atoms in total. The molecule has 318 valence electrons. The maximum Gasteiger partial charge on any atom is 0.347 e. The zero-order valence-corrected chi connectivity index (χ0v) is 32.4. The number of aromatic hydroxyl groups is 2. The summed E-state index contributed by atoms with van der Waals surface area (Å²) in [5, 5.41) is 51.9. The molecular formula is C42H39F2N5O12. The molecule has 6 heterocycles. The molecule has 0 aliphatic carbocycles. The molecule has 4 aromatic heterocycles. The number of halogens is 2. The molecule has 2 unspecified atom stereocenters. The molecule has 0 bridgehead atoms. The molecule has 61 heavy (non-hydrogen) atoms. The molecule has 19 heteroatoms. The van der Waals surface area contributed by atoms with Gasteiger partial charge in [0.25, 0.3) is 17.0 Å². The Hall–Kier alpha value is -6.96. The topological polar surface area (TPSA) is 245 Å². The van der Waals surface area contributed by atoms with Crippen molar-refractivity contribution < 1.29 is 58.1 Å². The Bertz CT molecular complexity index is 2780. The summed E-state index contributed by atoms with van der Waals surface area (Å²) >= 11 is 0. The Morgan fingerprint density at radius 3 is 1.62 bits per heavy atom. The number of aromatic nitrogens is 4. The van der Waals surface area contributed by atoms with E-state index in [0.717, 1.165) is 11.1 Å². The van der Waals surface area contributed by atoms with Gasteiger partial charge in [-0.2, -0.15) is 0 Å². The number of carbonyl (C=O) groups excluding carboxylic acids is 2. The summed E-state index contributed by atoms with van der Waals surface area (Å²) in [5.41, 5.74) is 0.668. The Kier molecular flexibility index (Phi) is 12.2. The second kappa shape index (κ2) is 17.7. The molecule has 1 amide bonds. The number of pyridine rings is 4. The summed E-state index contributed by atoms with van der Waals surface area (Å²) in [6.45, 7) is 0.407. The van der Waals surface area contributed by atoms with Crippen LogP contribution in [0.2, 0.25) is 0 Å². The lowest BCUT2D eigenvalue weighted by Gasteiger charge is -2.28. The number of hydrogen-bond acceptors (Lipinski definition) is 14. The van der Waals surface area contributed by atoms with E-state index >= 15 is 0 Å². The molecule has 2 atom stereocenters. The van der Waals surface area contributed by atoms with Gasteiger partial charge < -0.3 is 45.1 Å². The van der Waals surface area contributed by atoms with Crippen molar-refractivity contribution in [1.82, 2.24) is 24.4 Å². The standard InChI is InChI=1S/C21H20FN3O6.C21H19FN2O6/c22-13-3-1-11(2-4-13)7-12-8-24-16-17-19(12)31-14(10-27)9-25(17)21(30)15(18(16)28)20(29)23-5-6-26;1-2-29-21(28)15-18(26)16-17-19(30-14(10-25)9-24(17)20(15)27)12(8-23-16)7-11-3-5-13(22)6-4-11/h1-4,8,14,26-28H,5-7,9-10H2,(H,23,29);3-6,8,14,25-26H,2,7,9-10H2,1H3. The van der Waals surface area contributed by atoms with Crippen LogP contribution in [0.15, 0.2) is 70.5 Å². The van der Waals surface area contributed by atoms with Gasteiger partial charge in [0.2, 0.25) is 0 Å². The Labute approximate surface area is 343 Å². The lowest BCUT2D eigenvalue weighted by atomic mass is 10.0. The summed E-state index contributed by atoms with van der Waals surface area (Å²) in [7, 11) is 0. The van der Waals surface area contributed by atoms with Crippen LogP contribution in [-0.4, -0.2) is 102 Å². The maximum atomic E-state index is 13.2. The smallest absolute Gasteiger partial charge is 0.347 e. The molecule has 8 rings (SSSR count). The van der Waals surface area contributed by atoms with E-state index in [1.807, 2.05) is 0 Å². The van der Waals surface area contributed by atoms with Gasteiger partial charge in [-0.1, -0.05) is 24.3 Å². The average molecular weight is 844 g/mol. The quantitative estimate of drug-likeness (QED) is 0.102. The van der Waals surface area contributed by atoms with Crippen molar-refractivity contribution in [2.75, 3.05) is 33.0 Å². The summed E-state index contributed by atoms with van der Waals surface area (Å²) in [6.07, 6.45) is 2.07. The fourth-order valence-electron chi connectivity index (χ4n) is 7.17. The molecular weight excluding hydrogens is 804 g/mol. The SMILES string of the molecule is CCOC(=O)c1c(O)c2ncc(Cc3ccc(F)cc3)c3c2n(c1=O)CC(CO)O3.O=C(NCCO)c1c(O)c2ncc(Cc3ccc(F)cc3)c3c2n(c1=O)CC(CO)O3. The van der Waals surface area contributed by atoms with Gasteiger partial charge in [-0.05, 0) is 42.3 Å². The van der Waals surface area contributed by atoms with E-state index in [9.17, 15) is 48.4 Å². The van der Waals surface area contributed by atoms with Gasteiger partial charge in [-0.3, -0.25) is 33.5 Å². The van der Waals surface area contributed by atoms with Crippen molar-refractivity contribution in [3.8, 4) is 23.0 Å².